The van der Waals surface area contributed by atoms with E-state index in [9.17, 15) is 0 Å². The topological polar surface area (TPSA) is 27.3 Å². The summed E-state index contributed by atoms with van der Waals surface area (Å²) in [7, 11) is 0. The Bertz CT molecular complexity index is 182. The molecule has 1 aliphatic heterocycles. The summed E-state index contributed by atoms with van der Waals surface area (Å²) in [6.07, 6.45) is 5.50. The van der Waals surface area contributed by atoms with E-state index in [0.717, 1.165) is 25.7 Å². The molecule has 1 fully saturated rings. The molecule has 0 saturated carbocycles. The second kappa shape index (κ2) is 8.90. The van der Waals surface area contributed by atoms with Crippen molar-refractivity contribution >= 4 is 0 Å². The van der Waals surface area contributed by atoms with Crippen molar-refractivity contribution < 1.29 is 0 Å². The van der Waals surface area contributed by atoms with Crippen molar-refractivity contribution in [2.45, 2.75) is 58.5 Å². The van der Waals surface area contributed by atoms with Gasteiger partial charge in [-0.25, -0.2) is 0 Å². The quantitative estimate of drug-likeness (QED) is 0.635. The van der Waals surface area contributed by atoms with Crippen LogP contribution in [0.1, 0.15) is 46.5 Å². The highest BCUT2D eigenvalue weighted by Crippen LogP contribution is 2.15. The number of hydrogen-bond acceptors (Lipinski definition) is 3. The molecule has 0 amide bonds. The van der Waals surface area contributed by atoms with Crippen LogP contribution in [0.25, 0.3) is 0 Å². The molecule has 0 aromatic rings. The van der Waals surface area contributed by atoms with Gasteiger partial charge in [0.1, 0.15) is 0 Å². The minimum absolute atomic E-state index is 0.603. The summed E-state index contributed by atoms with van der Waals surface area (Å²) in [6, 6.07) is 1.41. The van der Waals surface area contributed by atoms with Crippen LogP contribution < -0.4 is 10.6 Å². The fourth-order valence-electron chi connectivity index (χ4n) is 2.47. The van der Waals surface area contributed by atoms with Crippen molar-refractivity contribution in [2.75, 3.05) is 32.7 Å². The van der Waals surface area contributed by atoms with Gasteiger partial charge < -0.3 is 15.5 Å². The van der Waals surface area contributed by atoms with Crippen LogP contribution in [-0.4, -0.2) is 49.7 Å². The van der Waals surface area contributed by atoms with E-state index in [0.29, 0.717) is 6.04 Å². The van der Waals surface area contributed by atoms with Crippen molar-refractivity contribution in [3.05, 3.63) is 0 Å². The lowest BCUT2D eigenvalue weighted by atomic mass is 10.0. The Kier molecular flexibility index (Phi) is 7.82. The molecule has 1 saturated heterocycles. The summed E-state index contributed by atoms with van der Waals surface area (Å²) in [5, 5.41) is 6.93. The van der Waals surface area contributed by atoms with Crippen LogP contribution in [0.4, 0.5) is 0 Å². The zero-order valence-corrected chi connectivity index (χ0v) is 12.0. The van der Waals surface area contributed by atoms with Crippen LogP contribution in [-0.2, 0) is 0 Å². The Morgan fingerprint density at radius 3 is 2.71 bits per heavy atom. The first-order chi connectivity index (χ1) is 8.20. The van der Waals surface area contributed by atoms with Gasteiger partial charge in [-0.2, -0.15) is 0 Å². The summed E-state index contributed by atoms with van der Waals surface area (Å²) < 4.78 is 0. The minimum Gasteiger partial charge on any atom is -0.315 e. The van der Waals surface area contributed by atoms with Crippen molar-refractivity contribution in [1.29, 1.82) is 0 Å². The molecule has 1 heterocycles. The summed E-state index contributed by atoms with van der Waals surface area (Å²) in [6.45, 7) is 12.7. The summed E-state index contributed by atoms with van der Waals surface area (Å²) >= 11 is 0. The van der Waals surface area contributed by atoms with E-state index in [1.165, 1.54) is 38.8 Å². The normalized spacial score (nSPS) is 22.2. The van der Waals surface area contributed by atoms with Crippen LogP contribution in [0, 0.1) is 0 Å². The molecule has 0 radical (unpaired) electrons. The van der Waals surface area contributed by atoms with E-state index in [4.69, 9.17) is 0 Å². The van der Waals surface area contributed by atoms with Crippen molar-refractivity contribution in [1.82, 2.24) is 15.5 Å². The second-order valence-corrected chi connectivity index (χ2v) is 5.59. The van der Waals surface area contributed by atoms with Crippen LogP contribution in [0.15, 0.2) is 0 Å². The van der Waals surface area contributed by atoms with E-state index in [1.54, 1.807) is 0 Å². The van der Waals surface area contributed by atoms with Crippen LogP contribution >= 0.6 is 0 Å². The highest BCUT2D eigenvalue weighted by atomic mass is 15.2. The minimum atomic E-state index is 0.603. The number of nitrogens with zero attached hydrogens (tertiary/aromatic N) is 1. The van der Waals surface area contributed by atoms with Crippen LogP contribution in [0.3, 0.4) is 0 Å². The van der Waals surface area contributed by atoms with E-state index in [2.05, 4.69) is 36.3 Å². The fraction of sp³-hybridized carbons (Fsp3) is 1.00. The fourth-order valence-corrected chi connectivity index (χ4v) is 2.47. The first-order valence-corrected chi connectivity index (χ1v) is 7.38. The largest absolute Gasteiger partial charge is 0.315 e. The number of piperidine rings is 1. The molecule has 2 N–H and O–H groups in total. The maximum Gasteiger partial charge on any atom is 0.00790 e. The van der Waals surface area contributed by atoms with E-state index in [-0.39, 0.29) is 0 Å². The van der Waals surface area contributed by atoms with E-state index >= 15 is 0 Å². The number of hydrogen-bond donors (Lipinski definition) is 2. The Morgan fingerprint density at radius 1 is 1.18 bits per heavy atom. The highest BCUT2D eigenvalue weighted by Gasteiger charge is 2.16. The van der Waals surface area contributed by atoms with Gasteiger partial charge in [-0.15, -0.1) is 0 Å². The summed E-state index contributed by atoms with van der Waals surface area (Å²) in [4.78, 5) is 2.65. The standard InChI is InChI=1S/C14H31N3/c1-13(2)16-10-9-15-8-6-12-17-11-5-4-7-14(17)3/h13-16H,4-12H2,1-3H3. The smallest absolute Gasteiger partial charge is 0.00790 e. The Labute approximate surface area is 107 Å². The monoisotopic (exact) mass is 241 g/mol. The lowest BCUT2D eigenvalue weighted by molar-refractivity contribution is 0.159. The Balaban J connectivity index is 1.89. The van der Waals surface area contributed by atoms with Crippen LogP contribution in [0.5, 0.6) is 0 Å². The van der Waals surface area contributed by atoms with E-state index < -0.39 is 0 Å². The molecule has 3 nitrogen and oxygen atoms in total. The molecule has 3 heteroatoms. The second-order valence-electron chi connectivity index (χ2n) is 5.59. The van der Waals surface area contributed by atoms with Gasteiger partial charge in [0.05, 0.1) is 0 Å². The average molecular weight is 241 g/mol. The molecule has 0 aromatic heterocycles. The molecule has 0 aromatic carbocycles. The molecule has 102 valence electrons. The highest BCUT2D eigenvalue weighted by molar-refractivity contribution is 4.72. The summed E-state index contributed by atoms with van der Waals surface area (Å²) in [5.41, 5.74) is 0. The lowest BCUT2D eigenvalue weighted by Gasteiger charge is -2.33. The molecule has 17 heavy (non-hydrogen) atoms. The molecule has 0 aliphatic carbocycles. The zero-order chi connectivity index (χ0) is 12.5. The zero-order valence-electron chi connectivity index (χ0n) is 12.0. The third-order valence-corrected chi connectivity index (χ3v) is 3.59. The van der Waals surface area contributed by atoms with Crippen molar-refractivity contribution in [2.24, 2.45) is 0 Å². The van der Waals surface area contributed by atoms with Gasteiger partial charge in [0, 0.05) is 25.2 Å². The SMILES string of the molecule is CC(C)NCCNCCCN1CCCCC1C. The third-order valence-electron chi connectivity index (χ3n) is 3.59. The average Bonchev–Trinajstić information content (AvgIpc) is 2.30. The van der Waals surface area contributed by atoms with Gasteiger partial charge in [-0.1, -0.05) is 20.3 Å². The van der Waals surface area contributed by atoms with Gasteiger partial charge in [0.2, 0.25) is 0 Å². The predicted octanol–water partition coefficient (Wildman–Crippen LogP) is 1.84. The predicted molar refractivity (Wildman–Crippen MR) is 75.5 cm³/mol. The third kappa shape index (κ3) is 7.02. The molecule has 1 atom stereocenters. The molecular weight excluding hydrogens is 210 g/mol. The maximum absolute atomic E-state index is 3.51. The van der Waals surface area contributed by atoms with Crippen LogP contribution in [0.2, 0.25) is 0 Å². The van der Waals surface area contributed by atoms with Gasteiger partial charge in [0.25, 0.3) is 0 Å². The molecule has 0 spiro atoms. The molecule has 1 rings (SSSR count). The number of nitrogens with one attached hydrogen (secondary N) is 2. The Morgan fingerprint density at radius 2 is 2.00 bits per heavy atom. The van der Waals surface area contributed by atoms with Gasteiger partial charge in [-0.3, -0.25) is 0 Å². The summed E-state index contributed by atoms with van der Waals surface area (Å²) in [5.74, 6) is 0. The van der Waals surface area contributed by atoms with Gasteiger partial charge in [0.15, 0.2) is 0 Å². The molecule has 1 aliphatic rings. The first kappa shape index (κ1) is 14.9. The molecule has 1 unspecified atom stereocenters. The number of rotatable bonds is 8. The van der Waals surface area contributed by atoms with Gasteiger partial charge >= 0.3 is 0 Å². The Hall–Kier alpha value is -0.120. The van der Waals surface area contributed by atoms with Crippen molar-refractivity contribution in [3.8, 4) is 0 Å². The lowest BCUT2D eigenvalue weighted by Crippen LogP contribution is -2.39. The first-order valence-electron chi connectivity index (χ1n) is 7.38. The maximum atomic E-state index is 3.51. The van der Waals surface area contributed by atoms with Crippen molar-refractivity contribution in [3.63, 3.8) is 0 Å². The van der Waals surface area contributed by atoms with E-state index in [1.807, 2.05) is 0 Å². The molecular formula is C14H31N3. The number of likely N-dealkylation sites (tertiary alicyclic amines) is 1. The molecule has 0 bridgehead atoms. The van der Waals surface area contributed by atoms with Gasteiger partial charge in [-0.05, 0) is 45.8 Å².